The summed E-state index contributed by atoms with van der Waals surface area (Å²) in [5, 5.41) is 10.9. The lowest BCUT2D eigenvalue weighted by Crippen LogP contribution is -1.97. The maximum Gasteiger partial charge on any atom is 0.164 e. The predicted molar refractivity (Wildman–Crippen MR) is 99.3 cm³/mol. The zero-order valence-corrected chi connectivity index (χ0v) is 15.0. The van der Waals surface area contributed by atoms with E-state index in [-0.39, 0.29) is 11.7 Å². The third kappa shape index (κ3) is 4.68. The number of halogens is 1. The van der Waals surface area contributed by atoms with Gasteiger partial charge < -0.3 is 14.6 Å². The molecule has 0 spiro atoms. The van der Waals surface area contributed by atoms with Gasteiger partial charge in [0.2, 0.25) is 0 Å². The minimum absolute atomic E-state index is 0.208. The van der Waals surface area contributed by atoms with Gasteiger partial charge in [0.15, 0.2) is 11.5 Å². The highest BCUT2D eigenvalue weighted by Crippen LogP contribution is 2.38. The van der Waals surface area contributed by atoms with E-state index in [1.807, 2.05) is 30.3 Å². The van der Waals surface area contributed by atoms with Crippen molar-refractivity contribution in [1.82, 2.24) is 0 Å². The fourth-order valence-electron chi connectivity index (χ4n) is 2.57. The lowest BCUT2D eigenvalue weighted by molar-refractivity contribution is 0.349. The highest BCUT2D eigenvalue weighted by molar-refractivity contribution is 6.30. The Morgan fingerprint density at radius 2 is 1.71 bits per heavy atom. The average Bonchev–Trinajstić information content (AvgIpc) is 2.59. The van der Waals surface area contributed by atoms with E-state index in [2.05, 4.69) is 19.1 Å². The molecular formula is C20H23ClO3. The molecule has 0 aliphatic carbocycles. The first-order valence-electron chi connectivity index (χ1n) is 7.92. The minimum atomic E-state index is 0.208. The van der Waals surface area contributed by atoms with Crippen LogP contribution >= 0.6 is 11.6 Å². The van der Waals surface area contributed by atoms with Crippen LogP contribution in [0.15, 0.2) is 42.5 Å². The molecule has 128 valence electrons. The van der Waals surface area contributed by atoms with Crippen LogP contribution in [0.5, 0.6) is 17.2 Å². The fourth-order valence-corrected chi connectivity index (χ4v) is 2.70. The monoisotopic (exact) mass is 346 g/mol. The van der Waals surface area contributed by atoms with Crippen molar-refractivity contribution in [1.29, 1.82) is 0 Å². The normalized spacial score (nSPS) is 12.3. The molecule has 24 heavy (non-hydrogen) atoms. The second kappa shape index (κ2) is 8.65. The van der Waals surface area contributed by atoms with E-state index in [0.29, 0.717) is 11.5 Å². The quantitative estimate of drug-likeness (QED) is 0.703. The molecule has 3 nitrogen and oxygen atoms in total. The molecule has 2 aromatic carbocycles. The van der Waals surface area contributed by atoms with E-state index in [4.69, 9.17) is 21.1 Å². The van der Waals surface area contributed by atoms with Gasteiger partial charge in [0.1, 0.15) is 5.75 Å². The van der Waals surface area contributed by atoms with Gasteiger partial charge in [-0.2, -0.15) is 0 Å². The molecule has 1 unspecified atom stereocenters. The summed E-state index contributed by atoms with van der Waals surface area (Å²) in [7, 11) is 3.15. The Morgan fingerprint density at radius 3 is 2.33 bits per heavy atom. The number of hydrogen-bond donors (Lipinski definition) is 1. The van der Waals surface area contributed by atoms with Crippen LogP contribution in [0.4, 0.5) is 0 Å². The Bertz CT molecular complexity index is 693. The first-order chi connectivity index (χ1) is 11.5. The van der Waals surface area contributed by atoms with E-state index in [1.54, 1.807) is 20.3 Å². The van der Waals surface area contributed by atoms with E-state index in [1.165, 1.54) is 0 Å². The molecule has 4 heteroatoms. The van der Waals surface area contributed by atoms with Gasteiger partial charge in [0, 0.05) is 16.7 Å². The molecule has 0 aromatic heterocycles. The number of hydrogen-bond acceptors (Lipinski definition) is 3. The topological polar surface area (TPSA) is 38.7 Å². The molecule has 0 amide bonds. The number of ether oxygens (including phenoxy) is 2. The Balaban J connectivity index is 1.99. The van der Waals surface area contributed by atoms with E-state index < -0.39 is 0 Å². The molecular weight excluding hydrogens is 324 g/mol. The maximum absolute atomic E-state index is 10.2. The number of phenols is 1. The Hall–Kier alpha value is -2.13. The van der Waals surface area contributed by atoms with Gasteiger partial charge in [-0.15, -0.1) is 0 Å². The molecule has 1 N–H and O–H groups in total. The van der Waals surface area contributed by atoms with Crippen LogP contribution in [0.25, 0.3) is 6.08 Å². The van der Waals surface area contributed by atoms with Crippen LogP contribution in [-0.4, -0.2) is 19.3 Å². The molecule has 1 atom stereocenters. The summed E-state index contributed by atoms with van der Waals surface area (Å²) in [5.74, 6) is 1.61. The summed E-state index contributed by atoms with van der Waals surface area (Å²) in [6.45, 7) is 2.09. The summed E-state index contributed by atoms with van der Waals surface area (Å²) >= 11 is 5.88. The van der Waals surface area contributed by atoms with Gasteiger partial charge in [0.25, 0.3) is 0 Å². The second-order valence-electron chi connectivity index (χ2n) is 5.70. The van der Waals surface area contributed by atoms with E-state index in [0.717, 1.165) is 29.0 Å². The van der Waals surface area contributed by atoms with Crippen LogP contribution in [0.2, 0.25) is 5.02 Å². The highest BCUT2D eigenvalue weighted by Gasteiger charge is 2.15. The van der Waals surface area contributed by atoms with Crippen LogP contribution < -0.4 is 9.47 Å². The van der Waals surface area contributed by atoms with E-state index in [9.17, 15) is 5.11 Å². The predicted octanol–water partition coefficient (Wildman–Crippen LogP) is 5.66. The molecule has 0 saturated carbocycles. The molecule has 0 aliphatic heterocycles. The van der Waals surface area contributed by atoms with Crippen molar-refractivity contribution in [2.45, 2.75) is 25.7 Å². The van der Waals surface area contributed by atoms with Gasteiger partial charge in [-0.1, -0.05) is 42.8 Å². The number of allylic oxidation sites excluding steroid dienone is 1. The lowest BCUT2D eigenvalue weighted by atomic mass is 9.94. The van der Waals surface area contributed by atoms with Crippen molar-refractivity contribution in [2.24, 2.45) is 0 Å². The van der Waals surface area contributed by atoms with Gasteiger partial charge in [-0.05, 0) is 42.5 Å². The number of rotatable bonds is 7. The third-order valence-corrected chi connectivity index (χ3v) is 4.26. The minimum Gasteiger partial charge on any atom is -0.508 e. The van der Waals surface area contributed by atoms with Gasteiger partial charge in [0.05, 0.1) is 14.2 Å². The van der Waals surface area contributed by atoms with Crippen molar-refractivity contribution in [3.63, 3.8) is 0 Å². The average molecular weight is 347 g/mol. The number of aromatic hydroxyl groups is 1. The summed E-state index contributed by atoms with van der Waals surface area (Å²) in [5.41, 5.74) is 1.99. The number of methoxy groups -OCH3 is 2. The standard InChI is InChI=1S/C20H23ClO3/c1-14(6-4-5-7-15-8-10-16(21)11-9-15)17-12-19(23-2)20(24-3)13-18(17)22/h5,7-14,22H,4,6H2,1-3H3/b7-5-. The number of benzene rings is 2. The smallest absolute Gasteiger partial charge is 0.164 e. The van der Waals surface area contributed by atoms with Crippen molar-refractivity contribution in [3.05, 3.63) is 58.6 Å². The first-order valence-corrected chi connectivity index (χ1v) is 8.30. The Kier molecular flexibility index (Phi) is 6.56. The van der Waals surface area contributed by atoms with Crippen molar-refractivity contribution >= 4 is 17.7 Å². The van der Waals surface area contributed by atoms with Crippen molar-refractivity contribution in [2.75, 3.05) is 14.2 Å². The van der Waals surface area contributed by atoms with Crippen LogP contribution in [0.1, 0.15) is 36.8 Å². The largest absolute Gasteiger partial charge is 0.508 e. The Morgan fingerprint density at radius 1 is 1.08 bits per heavy atom. The fraction of sp³-hybridized carbons (Fsp3) is 0.300. The lowest BCUT2D eigenvalue weighted by Gasteiger charge is -2.16. The summed E-state index contributed by atoms with van der Waals surface area (Å²) in [6, 6.07) is 11.2. The van der Waals surface area contributed by atoms with Gasteiger partial charge in [-0.25, -0.2) is 0 Å². The van der Waals surface area contributed by atoms with Gasteiger partial charge >= 0.3 is 0 Å². The zero-order valence-electron chi connectivity index (χ0n) is 14.3. The van der Waals surface area contributed by atoms with E-state index >= 15 is 0 Å². The summed E-state index contributed by atoms with van der Waals surface area (Å²) < 4.78 is 10.5. The maximum atomic E-state index is 10.2. The molecule has 0 heterocycles. The summed E-state index contributed by atoms with van der Waals surface area (Å²) in [6.07, 6.45) is 6.06. The van der Waals surface area contributed by atoms with Crippen molar-refractivity contribution < 1.29 is 14.6 Å². The Labute approximate surface area is 148 Å². The second-order valence-corrected chi connectivity index (χ2v) is 6.13. The van der Waals surface area contributed by atoms with Crippen LogP contribution in [0, 0.1) is 0 Å². The summed E-state index contributed by atoms with van der Waals surface area (Å²) in [4.78, 5) is 0. The third-order valence-electron chi connectivity index (χ3n) is 4.01. The molecule has 0 fully saturated rings. The highest BCUT2D eigenvalue weighted by atomic mass is 35.5. The van der Waals surface area contributed by atoms with Crippen LogP contribution in [-0.2, 0) is 0 Å². The molecule has 0 bridgehead atoms. The molecule has 0 saturated heterocycles. The SMILES string of the molecule is COc1cc(O)c(C(C)CC/C=C\c2ccc(Cl)cc2)cc1OC. The molecule has 0 aliphatic rings. The zero-order chi connectivity index (χ0) is 17.5. The first kappa shape index (κ1) is 18.2. The van der Waals surface area contributed by atoms with Crippen molar-refractivity contribution in [3.8, 4) is 17.2 Å². The molecule has 0 radical (unpaired) electrons. The molecule has 2 aromatic rings. The van der Waals surface area contributed by atoms with Crippen LogP contribution in [0.3, 0.4) is 0 Å². The number of phenolic OH excluding ortho intramolecular Hbond substituents is 1. The van der Waals surface area contributed by atoms with Gasteiger partial charge in [-0.3, -0.25) is 0 Å². The molecule has 2 rings (SSSR count).